The van der Waals surface area contributed by atoms with Crippen molar-refractivity contribution in [1.82, 2.24) is 15.1 Å². The molecule has 1 aliphatic rings. The Hall–Kier alpha value is -1.83. The molecule has 1 aromatic heterocycles. The van der Waals surface area contributed by atoms with E-state index in [0.29, 0.717) is 11.7 Å². The number of aliphatic imine (C=N–C) groups is 1. The van der Waals surface area contributed by atoms with Crippen LogP contribution in [0.2, 0.25) is 0 Å². The minimum Gasteiger partial charge on any atom is -0.480 e. The molecule has 2 N–H and O–H groups in total. The van der Waals surface area contributed by atoms with E-state index in [0.717, 1.165) is 5.75 Å². The topological polar surface area (TPSA) is 96.6 Å². The number of thioether (sulfide) groups is 1. The molecule has 1 aromatic rings. The van der Waals surface area contributed by atoms with Crippen molar-refractivity contribution in [3.05, 3.63) is 18.0 Å². The predicted octanol–water partition coefficient (Wildman–Crippen LogP) is -0.200. The first-order valence-electron chi connectivity index (χ1n) is 4.89. The second-order valence-corrected chi connectivity index (χ2v) is 4.37. The molecule has 90 valence electrons. The average molecular weight is 254 g/mol. The van der Waals surface area contributed by atoms with Gasteiger partial charge in [-0.1, -0.05) is 11.8 Å². The van der Waals surface area contributed by atoms with Gasteiger partial charge in [0.1, 0.15) is 6.54 Å². The summed E-state index contributed by atoms with van der Waals surface area (Å²) >= 11 is 1.47. The molecule has 7 nitrogen and oxygen atoms in total. The second-order valence-electron chi connectivity index (χ2n) is 3.28. The van der Waals surface area contributed by atoms with Crippen LogP contribution in [-0.2, 0) is 11.3 Å². The number of rotatable bonds is 3. The number of nitrogens with one attached hydrogen (secondary N) is 1. The summed E-state index contributed by atoms with van der Waals surface area (Å²) in [5, 5.41) is 15.6. The standard InChI is InChI=1S/C9H10N4O3S/c14-7(15)5-13-3-1-6(12-13)8(16)11-9-10-2-4-17-9/h1,3H,2,4-5H2,(H,14,15)(H,10,11,16). The van der Waals surface area contributed by atoms with E-state index in [1.807, 2.05) is 0 Å². The van der Waals surface area contributed by atoms with Gasteiger partial charge in [-0.3, -0.25) is 24.6 Å². The van der Waals surface area contributed by atoms with Crippen LogP contribution in [0.1, 0.15) is 10.5 Å². The molecule has 0 atom stereocenters. The highest BCUT2D eigenvalue weighted by molar-refractivity contribution is 8.14. The fourth-order valence-corrected chi connectivity index (χ4v) is 2.00. The highest BCUT2D eigenvalue weighted by Gasteiger charge is 2.15. The van der Waals surface area contributed by atoms with Crippen molar-refractivity contribution < 1.29 is 14.7 Å². The van der Waals surface area contributed by atoms with Crippen LogP contribution in [0, 0.1) is 0 Å². The minimum absolute atomic E-state index is 0.182. The highest BCUT2D eigenvalue weighted by Crippen LogP contribution is 2.09. The molecule has 17 heavy (non-hydrogen) atoms. The number of hydrogen-bond acceptors (Lipinski definition) is 5. The van der Waals surface area contributed by atoms with E-state index in [1.54, 1.807) is 0 Å². The van der Waals surface area contributed by atoms with Gasteiger partial charge in [-0.25, -0.2) is 0 Å². The lowest BCUT2D eigenvalue weighted by molar-refractivity contribution is -0.137. The van der Waals surface area contributed by atoms with Gasteiger partial charge in [-0.05, 0) is 6.07 Å². The lowest BCUT2D eigenvalue weighted by atomic mass is 10.4. The van der Waals surface area contributed by atoms with Crippen LogP contribution in [0.25, 0.3) is 0 Å². The second kappa shape index (κ2) is 5.00. The maximum absolute atomic E-state index is 11.7. The molecule has 0 unspecified atom stereocenters. The third-order valence-corrected chi connectivity index (χ3v) is 2.87. The molecular formula is C9H10N4O3S. The third kappa shape index (κ3) is 3.06. The fourth-order valence-electron chi connectivity index (χ4n) is 1.28. The lowest BCUT2D eigenvalue weighted by Gasteiger charge is -2.00. The molecule has 0 spiro atoms. The summed E-state index contributed by atoms with van der Waals surface area (Å²) in [7, 11) is 0. The SMILES string of the molecule is O=C(O)Cn1ccc(C(=O)NC2=NCCS2)n1. The van der Waals surface area contributed by atoms with E-state index in [-0.39, 0.29) is 18.1 Å². The first-order valence-corrected chi connectivity index (χ1v) is 5.87. The van der Waals surface area contributed by atoms with Crippen molar-refractivity contribution in [3.8, 4) is 0 Å². The van der Waals surface area contributed by atoms with Gasteiger partial charge in [-0.15, -0.1) is 0 Å². The van der Waals surface area contributed by atoms with Gasteiger partial charge in [0.25, 0.3) is 5.91 Å². The van der Waals surface area contributed by atoms with E-state index >= 15 is 0 Å². The van der Waals surface area contributed by atoms with Crippen molar-refractivity contribution in [2.75, 3.05) is 12.3 Å². The number of carbonyl (C=O) groups is 2. The predicted molar refractivity (Wildman–Crippen MR) is 62.1 cm³/mol. The summed E-state index contributed by atoms with van der Waals surface area (Å²) in [5.74, 6) is -0.513. The molecule has 0 saturated heterocycles. The number of carbonyl (C=O) groups excluding carboxylic acids is 1. The van der Waals surface area contributed by atoms with E-state index < -0.39 is 5.97 Å². The number of aromatic nitrogens is 2. The summed E-state index contributed by atoms with van der Waals surface area (Å²) in [6.45, 7) is 0.441. The van der Waals surface area contributed by atoms with Crippen LogP contribution in [-0.4, -0.2) is 44.2 Å². The first-order chi connectivity index (χ1) is 8.15. The van der Waals surface area contributed by atoms with Gasteiger partial charge < -0.3 is 5.11 Å². The zero-order valence-corrected chi connectivity index (χ0v) is 9.61. The van der Waals surface area contributed by atoms with Gasteiger partial charge in [0, 0.05) is 11.9 Å². The largest absolute Gasteiger partial charge is 0.480 e. The number of carboxylic acids is 1. The van der Waals surface area contributed by atoms with Crippen molar-refractivity contribution >= 4 is 28.8 Å². The Labute approximate surface area is 101 Å². The molecular weight excluding hydrogens is 244 g/mol. The Balaban J connectivity index is 1.99. The Morgan fingerprint density at radius 2 is 2.41 bits per heavy atom. The molecule has 0 saturated carbocycles. The Morgan fingerprint density at radius 3 is 3.06 bits per heavy atom. The molecule has 0 radical (unpaired) electrons. The van der Waals surface area contributed by atoms with E-state index in [2.05, 4.69) is 15.4 Å². The quantitative estimate of drug-likeness (QED) is 0.778. The van der Waals surface area contributed by atoms with Crippen molar-refractivity contribution in [1.29, 1.82) is 0 Å². The third-order valence-electron chi connectivity index (χ3n) is 1.98. The summed E-state index contributed by atoms with van der Waals surface area (Å²) in [6.07, 6.45) is 1.45. The Morgan fingerprint density at radius 1 is 1.59 bits per heavy atom. The first kappa shape index (κ1) is 11.6. The zero-order chi connectivity index (χ0) is 12.3. The summed E-state index contributed by atoms with van der Waals surface area (Å²) in [6, 6.07) is 1.47. The normalized spacial score (nSPS) is 14.5. The van der Waals surface area contributed by atoms with E-state index in [9.17, 15) is 9.59 Å². The maximum atomic E-state index is 11.7. The molecule has 1 aliphatic heterocycles. The van der Waals surface area contributed by atoms with Gasteiger partial charge in [0.05, 0.1) is 6.54 Å². The molecule has 8 heteroatoms. The number of hydrogen-bond donors (Lipinski definition) is 2. The number of nitrogens with zero attached hydrogens (tertiary/aromatic N) is 3. The highest BCUT2D eigenvalue weighted by atomic mass is 32.2. The van der Waals surface area contributed by atoms with Gasteiger partial charge in [0.15, 0.2) is 10.9 Å². The molecule has 0 fully saturated rings. The number of carboxylic acid groups (broad SMARTS) is 1. The Bertz CT molecular complexity index is 482. The monoisotopic (exact) mass is 254 g/mol. The van der Waals surface area contributed by atoms with Crippen LogP contribution in [0.4, 0.5) is 0 Å². The van der Waals surface area contributed by atoms with Gasteiger partial charge in [-0.2, -0.15) is 5.10 Å². The molecule has 1 amide bonds. The summed E-state index contributed by atoms with van der Waals surface area (Å²) in [4.78, 5) is 26.2. The van der Waals surface area contributed by atoms with Gasteiger partial charge >= 0.3 is 5.97 Å². The molecule has 0 bridgehead atoms. The molecule has 2 heterocycles. The van der Waals surface area contributed by atoms with Crippen LogP contribution >= 0.6 is 11.8 Å². The van der Waals surface area contributed by atoms with Crippen LogP contribution in [0.3, 0.4) is 0 Å². The Kier molecular flexibility index (Phi) is 3.43. The van der Waals surface area contributed by atoms with Crippen molar-refractivity contribution in [2.24, 2.45) is 4.99 Å². The average Bonchev–Trinajstić information content (AvgIpc) is 2.87. The van der Waals surface area contributed by atoms with Crippen molar-refractivity contribution in [3.63, 3.8) is 0 Å². The zero-order valence-electron chi connectivity index (χ0n) is 8.79. The molecule has 0 aromatic carbocycles. The number of amidine groups is 1. The summed E-state index contributed by atoms with van der Waals surface area (Å²) in [5.41, 5.74) is 0.182. The van der Waals surface area contributed by atoms with Crippen LogP contribution < -0.4 is 5.32 Å². The summed E-state index contributed by atoms with van der Waals surface area (Å²) < 4.78 is 1.20. The van der Waals surface area contributed by atoms with Gasteiger partial charge in [0.2, 0.25) is 0 Å². The van der Waals surface area contributed by atoms with E-state index in [4.69, 9.17) is 5.11 Å². The number of amides is 1. The maximum Gasteiger partial charge on any atom is 0.325 e. The molecule has 2 rings (SSSR count). The fraction of sp³-hybridized carbons (Fsp3) is 0.333. The van der Waals surface area contributed by atoms with Crippen LogP contribution in [0.15, 0.2) is 17.3 Å². The molecule has 0 aliphatic carbocycles. The minimum atomic E-state index is -1.00. The van der Waals surface area contributed by atoms with Crippen molar-refractivity contribution in [2.45, 2.75) is 6.54 Å². The van der Waals surface area contributed by atoms with E-state index in [1.165, 1.54) is 28.7 Å². The van der Waals surface area contributed by atoms with Crippen LogP contribution in [0.5, 0.6) is 0 Å². The smallest absolute Gasteiger partial charge is 0.325 e. The number of aliphatic carboxylic acids is 1. The lowest BCUT2D eigenvalue weighted by Crippen LogP contribution is -2.28.